The normalized spacial score (nSPS) is 16.7. The van der Waals surface area contributed by atoms with Crippen LogP contribution in [-0.2, 0) is 17.4 Å². The number of aryl methyl sites for hydroxylation is 1. The molecule has 3 heterocycles. The van der Waals surface area contributed by atoms with Gasteiger partial charge in [-0.15, -0.1) is 0 Å². The highest BCUT2D eigenvalue weighted by molar-refractivity contribution is 5.99. The Morgan fingerprint density at radius 2 is 1.94 bits per heavy atom. The van der Waals surface area contributed by atoms with Gasteiger partial charge in [0.05, 0.1) is 29.8 Å². The molecule has 3 rings (SSSR count). The molecule has 3 amide bonds. The molecule has 1 aliphatic rings. The van der Waals surface area contributed by atoms with Crippen molar-refractivity contribution in [2.75, 3.05) is 23.3 Å². The van der Waals surface area contributed by atoms with Crippen molar-refractivity contribution in [1.82, 2.24) is 14.9 Å². The van der Waals surface area contributed by atoms with Crippen molar-refractivity contribution < 1.29 is 22.8 Å². The molecule has 1 saturated heterocycles. The van der Waals surface area contributed by atoms with E-state index < -0.39 is 17.9 Å². The maximum atomic E-state index is 13.1. The van der Waals surface area contributed by atoms with Gasteiger partial charge in [0.25, 0.3) is 0 Å². The number of pyridine rings is 2. The zero-order valence-electron chi connectivity index (χ0n) is 18.2. The first-order chi connectivity index (χ1) is 15.1. The van der Waals surface area contributed by atoms with Gasteiger partial charge in [-0.1, -0.05) is 20.8 Å². The third-order valence-electron chi connectivity index (χ3n) is 5.19. The fourth-order valence-corrected chi connectivity index (χ4v) is 3.63. The fraction of sp³-hybridized carbons (Fsp3) is 0.455. The smallest absolute Gasteiger partial charge is 0.323 e. The predicted octanol–water partition coefficient (Wildman–Crippen LogP) is 4.35. The van der Waals surface area contributed by atoms with E-state index >= 15 is 0 Å². The maximum absolute atomic E-state index is 13.1. The fourth-order valence-electron chi connectivity index (χ4n) is 3.63. The number of amides is 3. The lowest BCUT2D eigenvalue weighted by molar-refractivity contribution is -0.141. The second-order valence-corrected chi connectivity index (χ2v) is 8.14. The highest BCUT2D eigenvalue weighted by atomic mass is 19.4. The SMILES string of the molecule is CCc1ccc(NC(=O)CN2C(=O)N(c3ccc(C(F)(F)F)nc3)C[C@@H]2CC(C)C)cn1. The molecule has 1 aliphatic heterocycles. The average Bonchev–Trinajstić information content (AvgIpc) is 3.03. The number of nitrogens with one attached hydrogen (secondary N) is 1. The van der Waals surface area contributed by atoms with Gasteiger partial charge in [0.15, 0.2) is 0 Å². The summed E-state index contributed by atoms with van der Waals surface area (Å²) in [4.78, 5) is 36.2. The Labute approximate surface area is 184 Å². The second-order valence-electron chi connectivity index (χ2n) is 8.14. The number of halogens is 3. The molecule has 0 aliphatic carbocycles. The number of hydrogen-bond donors (Lipinski definition) is 1. The van der Waals surface area contributed by atoms with Crippen molar-refractivity contribution in [3.63, 3.8) is 0 Å². The van der Waals surface area contributed by atoms with Crippen LogP contribution in [0.4, 0.5) is 29.3 Å². The number of urea groups is 1. The summed E-state index contributed by atoms with van der Waals surface area (Å²) < 4.78 is 38.4. The first-order valence-electron chi connectivity index (χ1n) is 10.4. The third-order valence-corrected chi connectivity index (χ3v) is 5.19. The Balaban J connectivity index is 1.74. The molecule has 0 saturated carbocycles. The van der Waals surface area contributed by atoms with E-state index in [4.69, 9.17) is 0 Å². The van der Waals surface area contributed by atoms with Crippen LogP contribution in [0.2, 0.25) is 0 Å². The highest BCUT2D eigenvalue weighted by Gasteiger charge is 2.40. The lowest BCUT2D eigenvalue weighted by Gasteiger charge is -2.23. The van der Waals surface area contributed by atoms with Crippen molar-refractivity contribution in [3.8, 4) is 0 Å². The molecule has 2 aromatic heterocycles. The van der Waals surface area contributed by atoms with E-state index in [1.807, 2.05) is 26.8 Å². The van der Waals surface area contributed by atoms with Crippen molar-refractivity contribution in [2.24, 2.45) is 5.92 Å². The van der Waals surface area contributed by atoms with E-state index in [0.29, 0.717) is 12.1 Å². The summed E-state index contributed by atoms with van der Waals surface area (Å²) in [7, 11) is 0. The molecule has 32 heavy (non-hydrogen) atoms. The van der Waals surface area contributed by atoms with Crippen LogP contribution in [0.1, 0.15) is 38.6 Å². The predicted molar refractivity (Wildman–Crippen MR) is 114 cm³/mol. The van der Waals surface area contributed by atoms with E-state index in [0.717, 1.165) is 24.4 Å². The molecule has 0 aromatic carbocycles. The van der Waals surface area contributed by atoms with Gasteiger partial charge in [-0.2, -0.15) is 13.2 Å². The standard InChI is InChI=1S/C22H26F3N5O2/c1-4-15-5-6-16(10-26-15)28-20(31)13-30-18(9-14(2)3)12-29(21(30)32)17-7-8-19(27-11-17)22(23,24)25/h5-8,10-11,14,18H,4,9,12-13H2,1-3H3,(H,28,31)/t18-/m0/s1. The summed E-state index contributed by atoms with van der Waals surface area (Å²) in [6, 6.07) is 4.95. The first kappa shape index (κ1) is 23.5. The van der Waals surface area contributed by atoms with Gasteiger partial charge < -0.3 is 10.2 Å². The van der Waals surface area contributed by atoms with Crippen molar-refractivity contribution in [2.45, 2.75) is 45.8 Å². The number of alkyl halides is 3. The molecule has 0 spiro atoms. The summed E-state index contributed by atoms with van der Waals surface area (Å²) in [6.45, 7) is 6.09. The summed E-state index contributed by atoms with van der Waals surface area (Å²) >= 11 is 0. The van der Waals surface area contributed by atoms with Crippen LogP contribution in [0.25, 0.3) is 0 Å². The topological polar surface area (TPSA) is 78.4 Å². The Hall–Kier alpha value is -3.17. The van der Waals surface area contributed by atoms with Crippen LogP contribution in [-0.4, -0.2) is 45.9 Å². The average molecular weight is 449 g/mol. The van der Waals surface area contributed by atoms with E-state index in [1.54, 1.807) is 12.3 Å². The molecular formula is C22H26F3N5O2. The molecule has 2 aromatic rings. The zero-order valence-corrected chi connectivity index (χ0v) is 18.2. The number of nitrogens with zero attached hydrogens (tertiary/aromatic N) is 4. The van der Waals surface area contributed by atoms with Gasteiger partial charge in [0.2, 0.25) is 5.91 Å². The minimum absolute atomic E-state index is 0.170. The number of anilines is 2. The Kier molecular flexibility index (Phi) is 7.00. The Morgan fingerprint density at radius 1 is 1.19 bits per heavy atom. The number of carbonyl (C=O) groups is 2. The van der Waals surface area contributed by atoms with Crippen LogP contribution in [0.15, 0.2) is 36.7 Å². The summed E-state index contributed by atoms with van der Waals surface area (Å²) in [5.41, 5.74) is 0.670. The lowest BCUT2D eigenvalue weighted by Crippen LogP contribution is -2.41. The summed E-state index contributed by atoms with van der Waals surface area (Å²) in [5, 5.41) is 2.74. The number of rotatable bonds is 7. The summed E-state index contributed by atoms with van der Waals surface area (Å²) in [5.74, 6) is -0.111. The van der Waals surface area contributed by atoms with E-state index in [9.17, 15) is 22.8 Å². The van der Waals surface area contributed by atoms with Crippen molar-refractivity contribution in [3.05, 3.63) is 48.0 Å². The monoisotopic (exact) mass is 449 g/mol. The van der Waals surface area contributed by atoms with Gasteiger partial charge in [-0.05, 0) is 43.0 Å². The van der Waals surface area contributed by atoms with Crippen LogP contribution < -0.4 is 10.2 Å². The molecule has 1 atom stereocenters. The van der Waals surface area contributed by atoms with Crippen LogP contribution >= 0.6 is 0 Å². The highest BCUT2D eigenvalue weighted by Crippen LogP contribution is 2.31. The van der Waals surface area contributed by atoms with Gasteiger partial charge in [0.1, 0.15) is 12.2 Å². The number of aromatic nitrogens is 2. The second kappa shape index (κ2) is 9.54. The third kappa shape index (κ3) is 5.54. The van der Waals surface area contributed by atoms with E-state index in [2.05, 4.69) is 15.3 Å². The Morgan fingerprint density at radius 3 is 2.47 bits per heavy atom. The number of hydrogen-bond acceptors (Lipinski definition) is 4. The van der Waals surface area contributed by atoms with Crippen LogP contribution in [0.5, 0.6) is 0 Å². The van der Waals surface area contributed by atoms with Crippen molar-refractivity contribution >= 4 is 23.3 Å². The van der Waals surface area contributed by atoms with Gasteiger partial charge >= 0.3 is 12.2 Å². The molecular weight excluding hydrogens is 423 g/mol. The number of carbonyl (C=O) groups excluding carboxylic acids is 2. The Bertz CT molecular complexity index is 946. The van der Waals surface area contributed by atoms with Gasteiger partial charge in [0, 0.05) is 12.2 Å². The molecule has 10 heteroatoms. The minimum Gasteiger partial charge on any atom is -0.323 e. The van der Waals surface area contributed by atoms with E-state index in [-0.39, 0.29) is 36.6 Å². The first-order valence-corrected chi connectivity index (χ1v) is 10.4. The van der Waals surface area contributed by atoms with E-state index in [1.165, 1.54) is 15.9 Å². The molecule has 0 radical (unpaired) electrons. The largest absolute Gasteiger partial charge is 0.433 e. The molecule has 0 bridgehead atoms. The molecule has 0 unspecified atom stereocenters. The maximum Gasteiger partial charge on any atom is 0.433 e. The van der Waals surface area contributed by atoms with Gasteiger partial charge in [-0.3, -0.25) is 14.7 Å². The molecule has 1 N–H and O–H groups in total. The quantitative estimate of drug-likeness (QED) is 0.682. The summed E-state index contributed by atoms with van der Waals surface area (Å²) in [6.07, 6.45) is -0.521. The van der Waals surface area contributed by atoms with Crippen LogP contribution in [0, 0.1) is 5.92 Å². The molecule has 7 nitrogen and oxygen atoms in total. The van der Waals surface area contributed by atoms with Gasteiger partial charge in [-0.25, -0.2) is 9.78 Å². The van der Waals surface area contributed by atoms with Crippen LogP contribution in [0.3, 0.4) is 0 Å². The molecule has 172 valence electrons. The van der Waals surface area contributed by atoms with Crippen molar-refractivity contribution in [1.29, 1.82) is 0 Å². The molecule has 1 fully saturated rings. The minimum atomic E-state index is -4.55. The lowest BCUT2D eigenvalue weighted by atomic mass is 10.0. The zero-order chi connectivity index (χ0) is 23.5.